The number of hydrogen-bond acceptors (Lipinski definition) is 5. The first-order valence-electron chi connectivity index (χ1n) is 8.19. The third kappa shape index (κ3) is 3.18. The minimum Gasteiger partial charge on any atom is -0.496 e. The normalized spacial score (nSPS) is 10.8. The smallest absolute Gasteiger partial charge is 0.349 e. The molecular formula is C20H20N2O4. The molecule has 134 valence electrons. The Labute approximate surface area is 151 Å². The molecule has 3 rings (SSSR count). The molecule has 0 bridgehead atoms. The molecule has 1 aromatic carbocycles. The summed E-state index contributed by atoms with van der Waals surface area (Å²) in [5.41, 5.74) is 2.33. The van der Waals surface area contributed by atoms with Gasteiger partial charge in [-0.25, -0.2) is 4.79 Å². The fourth-order valence-corrected chi connectivity index (χ4v) is 2.94. The molecule has 1 amide bonds. The highest BCUT2D eigenvalue weighted by atomic mass is 16.5. The predicted octanol–water partition coefficient (Wildman–Crippen LogP) is 3.09. The molecule has 2 heterocycles. The number of para-hydroxylation sites is 1. The number of carbonyl (C=O) groups excluding carboxylic acids is 1. The van der Waals surface area contributed by atoms with Crippen LogP contribution in [0.15, 0.2) is 45.7 Å². The molecule has 3 aromatic rings. The zero-order valence-corrected chi connectivity index (χ0v) is 15.2. The molecule has 0 spiro atoms. The van der Waals surface area contributed by atoms with Crippen LogP contribution in [0.4, 0.5) is 0 Å². The van der Waals surface area contributed by atoms with E-state index in [1.807, 2.05) is 19.9 Å². The van der Waals surface area contributed by atoms with Gasteiger partial charge < -0.3 is 14.1 Å². The third-order valence-electron chi connectivity index (χ3n) is 4.36. The Morgan fingerprint density at radius 1 is 1.27 bits per heavy atom. The van der Waals surface area contributed by atoms with Crippen LogP contribution in [-0.2, 0) is 6.54 Å². The highest BCUT2D eigenvalue weighted by Crippen LogP contribution is 2.24. The lowest BCUT2D eigenvalue weighted by atomic mass is 10.1. The van der Waals surface area contributed by atoms with Crippen LogP contribution in [0.3, 0.4) is 0 Å². The fourth-order valence-electron chi connectivity index (χ4n) is 2.94. The van der Waals surface area contributed by atoms with Crippen molar-refractivity contribution in [3.05, 3.63) is 69.3 Å². The number of rotatable bonds is 4. The molecule has 0 radical (unpaired) electrons. The van der Waals surface area contributed by atoms with E-state index in [-0.39, 0.29) is 12.1 Å². The predicted molar refractivity (Wildman–Crippen MR) is 98.5 cm³/mol. The van der Waals surface area contributed by atoms with Crippen LogP contribution < -0.4 is 10.4 Å². The van der Waals surface area contributed by atoms with Crippen molar-refractivity contribution in [2.45, 2.75) is 20.4 Å². The molecule has 6 heteroatoms. The molecule has 0 atom stereocenters. The van der Waals surface area contributed by atoms with E-state index in [1.54, 1.807) is 44.6 Å². The number of amides is 1. The molecule has 0 unspecified atom stereocenters. The van der Waals surface area contributed by atoms with Crippen molar-refractivity contribution >= 4 is 16.9 Å². The van der Waals surface area contributed by atoms with Gasteiger partial charge in [0, 0.05) is 29.8 Å². The first-order valence-corrected chi connectivity index (χ1v) is 8.19. The molecule has 0 N–H and O–H groups in total. The summed E-state index contributed by atoms with van der Waals surface area (Å²) in [5, 5.41) is 0.704. The van der Waals surface area contributed by atoms with E-state index in [0.29, 0.717) is 16.7 Å². The largest absolute Gasteiger partial charge is 0.496 e. The van der Waals surface area contributed by atoms with E-state index in [9.17, 15) is 9.59 Å². The Morgan fingerprint density at radius 2 is 2.00 bits per heavy atom. The van der Waals surface area contributed by atoms with Gasteiger partial charge in [-0.05, 0) is 26.0 Å². The zero-order chi connectivity index (χ0) is 18.8. The van der Waals surface area contributed by atoms with E-state index in [0.717, 1.165) is 16.9 Å². The first kappa shape index (κ1) is 17.7. The van der Waals surface area contributed by atoms with Crippen molar-refractivity contribution in [3.63, 3.8) is 0 Å². The number of methoxy groups -OCH3 is 1. The number of carbonyl (C=O) groups is 1. The molecular weight excluding hydrogens is 332 g/mol. The highest BCUT2D eigenvalue weighted by Gasteiger charge is 2.20. The Bertz CT molecular complexity index is 1040. The van der Waals surface area contributed by atoms with E-state index in [1.165, 1.54) is 4.90 Å². The molecule has 0 saturated carbocycles. The van der Waals surface area contributed by atoms with Gasteiger partial charge in [0.25, 0.3) is 5.91 Å². The number of pyridine rings is 1. The maximum absolute atomic E-state index is 12.8. The molecule has 0 aliphatic rings. The van der Waals surface area contributed by atoms with Crippen molar-refractivity contribution in [1.82, 2.24) is 9.88 Å². The summed E-state index contributed by atoms with van der Waals surface area (Å²) in [6.07, 6.45) is 1.71. The van der Waals surface area contributed by atoms with E-state index < -0.39 is 11.5 Å². The van der Waals surface area contributed by atoms with Gasteiger partial charge in [0.2, 0.25) is 0 Å². The van der Waals surface area contributed by atoms with Crippen molar-refractivity contribution < 1.29 is 13.9 Å². The summed E-state index contributed by atoms with van der Waals surface area (Å²) in [4.78, 5) is 30.8. The van der Waals surface area contributed by atoms with Crippen molar-refractivity contribution in [1.29, 1.82) is 0 Å². The summed E-state index contributed by atoms with van der Waals surface area (Å²) in [6, 6.07) is 8.66. The molecule has 0 saturated heterocycles. The van der Waals surface area contributed by atoms with Crippen LogP contribution in [0.1, 0.15) is 27.2 Å². The second-order valence-electron chi connectivity index (χ2n) is 6.19. The lowest BCUT2D eigenvalue weighted by molar-refractivity contribution is 0.0779. The van der Waals surface area contributed by atoms with Crippen LogP contribution >= 0.6 is 0 Å². The van der Waals surface area contributed by atoms with E-state index in [4.69, 9.17) is 9.15 Å². The summed E-state index contributed by atoms with van der Waals surface area (Å²) in [7, 11) is 3.23. The van der Waals surface area contributed by atoms with E-state index in [2.05, 4.69) is 4.98 Å². The number of aryl methyl sites for hydroxylation is 1. The Balaban J connectivity index is 1.91. The Hall–Kier alpha value is -3.15. The lowest BCUT2D eigenvalue weighted by Crippen LogP contribution is -2.30. The van der Waals surface area contributed by atoms with Gasteiger partial charge in [0.15, 0.2) is 0 Å². The Kier molecular flexibility index (Phi) is 4.75. The maximum atomic E-state index is 12.8. The van der Waals surface area contributed by atoms with Crippen molar-refractivity contribution in [2.75, 3.05) is 14.2 Å². The summed E-state index contributed by atoms with van der Waals surface area (Å²) in [6.45, 7) is 4.07. The highest BCUT2D eigenvalue weighted by molar-refractivity contribution is 5.96. The summed E-state index contributed by atoms with van der Waals surface area (Å²) in [5.74, 6) is 0.339. The van der Waals surface area contributed by atoms with Gasteiger partial charge in [0.05, 0.1) is 19.3 Å². The second-order valence-corrected chi connectivity index (χ2v) is 6.19. The molecule has 0 aliphatic heterocycles. The molecule has 2 aromatic heterocycles. The quantitative estimate of drug-likeness (QED) is 0.675. The topological polar surface area (TPSA) is 72.6 Å². The van der Waals surface area contributed by atoms with Crippen LogP contribution in [-0.4, -0.2) is 29.9 Å². The minimum atomic E-state index is -0.647. The average Bonchev–Trinajstić information content (AvgIpc) is 2.63. The number of nitrogens with zero attached hydrogens (tertiary/aromatic N) is 2. The monoisotopic (exact) mass is 352 g/mol. The zero-order valence-electron chi connectivity index (χ0n) is 15.2. The summed E-state index contributed by atoms with van der Waals surface area (Å²) < 4.78 is 10.7. The van der Waals surface area contributed by atoms with Crippen molar-refractivity contribution in [2.24, 2.45) is 0 Å². The van der Waals surface area contributed by atoms with Crippen LogP contribution in [0.25, 0.3) is 11.0 Å². The van der Waals surface area contributed by atoms with Gasteiger partial charge in [-0.2, -0.15) is 0 Å². The number of fused-ring (bicyclic) bond motifs is 1. The third-order valence-corrected chi connectivity index (χ3v) is 4.36. The second kappa shape index (κ2) is 7.00. The van der Waals surface area contributed by atoms with Gasteiger partial charge in [-0.3, -0.25) is 9.78 Å². The molecule has 0 fully saturated rings. The summed E-state index contributed by atoms with van der Waals surface area (Å²) >= 11 is 0. The molecule has 0 aliphatic carbocycles. The number of ether oxygens (including phenoxy) is 1. The number of aromatic nitrogens is 1. The number of hydrogen-bond donors (Lipinski definition) is 0. The SMILES string of the molecule is COc1c(C)cnc(CN(C)C(=O)c2cc3ccccc3oc2=O)c1C. The van der Waals surface area contributed by atoms with Gasteiger partial charge >= 0.3 is 5.63 Å². The average molecular weight is 352 g/mol. The van der Waals surface area contributed by atoms with Gasteiger partial charge in [-0.1, -0.05) is 18.2 Å². The van der Waals surface area contributed by atoms with Crippen LogP contribution in [0, 0.1) is 13.8 Å². The standard InChI is InChI=1S/C20H20N2O4/c1-12-10-21-16(13(2)18(12)25-4)11-22(3)19(23)15-9-14-7-5-6-8-17(14)26-20(15)24/h5-10H,11H2,1-4H3. The lowest BCUT2D eigenvalue weighted by Gasteiger charge is -2.19. The van der Waals surface area contributed by atoms with Gasteiger partial charge in [0.1, 0.15) is 16.9 Å². The molecule has 6 nitrogen and oxygen atoms in total. The molecule has 26 heavy (non-hydrogen) atoms. The minimum absolute atomic E-state index is 0.00271. The maximum Gasteiger partial charge on any atom is 0.349 e. The van der Waals surface area contributed by atoms with Crippen LogP contribution in [0.2, 0.25) is 0 Å². The van der Waals surface area contributed by atoms with Crippen LogP contribution in [0.5, 0.6) is 5.75 Å². The first-order chi connectivity index (χ1) is 12.4. The van der Waals surface area contributed by atoms with E-state index >= 15 is 0 Å². The van der Waals surface area contributed by atoms with Gasteiger partial charge in [-0.15, -0.1) is 0 Å². The van der Waals surface area contributed by atoms with Crippen molar-refractivity contribution in [3.8, 4) is 5.75 Å². The Morgan fingerprint density at radius 3 is 2.73 bits per heavy atom. The number of benzene rings is 1. The fraction of sp³-hybridized carbons (Fsp3) is 0.250.